The van der Waals surface area contributed by atoms with Gasteiger partial charge in [0, 0.05) is 71.3 Å². The predicted octanol–water partition coefficient (Wildman–Crippen LogP) is 5.54. The lowest BCUT2D eigenvalue weighted by Gasteiger charge is -2.38. The zero-order chi connectivity index (χ0) is 32.0. The lowest BCUT2D eigenvalue weighted by Crippen LogP contribution is -2.53. The van der Waals surface area contributed by atoms with Gasteiger partial charge < -0.3 is 15.0 Å². The fourth-order valence-electron chi connectivity index (χ4n) is 6.47. The van der Waals surface area contributed by atoms with Crippen molar-refractivity contribution in [2.24, 2.45) is 4.99 Å². The van der Waals surface area contributed by atoms with Gasteiger partial charge in [-0.25, -0.2) is 14.6 Å². The number of nitrogens with zero attached hydrogens (tertiary/aromatic N) is 6. The Hall–Kier alpha value is -3.95. The molecule has 1 N–H and O–H groups in total. The van der Waals surface area contributed by atoms with E-state index >= 15 is 0 Å². The average molecular weight is 677 g/mol. The number of amidine groups is 1. The number of anilines is 1. The van der Waals surface area contributed by atoms with E-state index < -0.39 is 12.0 Å². The molecule has 1 saturated carbocycles. The highest BCUT2D eigenvalue weighted by molar-refractivity contribution is 7.11. The van der Waals surface area contributed by atoms with Gasteiger partial charge in [0.1, 0.15) is 6.04 Å². The average Bonchev–Trinajstić information content (AvgIpc) is 3.51. The number of thiazole rings is 1. The molecule has 0 unspecified atom stereocenters. The molecule has 4 heterocycles. The summed E-state index contributed by atoms with van der Waals surface area (Å²) in [4.78, 5) is 42.4. The van der Waals surface area contributed by atoms with Gasteiger partial charge in [0.25, 0.3) is 0 Å². The summed E-state index contributed by atoms with van der Waals surface area (Å²) in [5.41, 5.74) is 3.15. The van der Waals surface area contributed by atoms with Crippen LogP contribution < -0.4 is 10.2 Å². The van der Waals surface area contributed by atoms with Gasteiger partial charge in [0.2, 0.25) is 0 Å². The van der Waals surface area contributed by atoms with Crippen molar-refractivity contribution < 1.29 is 14.3 Å². The lowest BCUT2D eigenvalue weighted by atomic mass is 9.95. The second-order valence-corrected chi connectivity index (χ2v) is 13.6. The van der Waals surface area contributed by atoms with Crippen molar-refractivity contribution in [1.82, 2.24) is 20.1 Å². The van der Waals surface area contributed by atoms with E-state index in [1.807, 2.05) is 39.4 Å². The van der Waals surface area contributed by atoms with Crippen LogP contribution in [0.5, 0.6) is 0 Å². The highest BCUT2D eigenvalue weighted by atomic mass is 35.5. The minimum Gasteiger partial charge on any atom is -0.463 e. The molecule has 3 aromatic rings. The first kappa shape index (κ1) is 30.7. The zero-order valence-electron chi connectivity index (χ0n) is 25.1. The minimum absolute atomic E-state index is 0.0170. The summed E-state index contributed by atoms with van der Waals surface area (Å²) < 4.78 is 5.54. The van der Waals surface area contributed by atoms with Crippen LogP contribution in [0.25, 0.3) is 0 Å². The second kappa shape index (κ2) is 12.3. The number of fused-ring (bicyclic) bond motifs is 1. The molecule has 236 valence electrons. The van der Waals surface area contributed by atoms with Crippen molar-refractivity contribution in [3.05, 3.63) is 91.5 Å². The van der Waals surface area contributed by atoms with Crippen molar-refractivity contribution in [3.63, 3.8) is 0 Å². The molecular formula is C33H31Cl2N7O3S. The van der Waals surface area contributed by atoms with Crippen LogP contribution in [0.2, 0.25) is 10.0 Å². The van der Waals surface area contributed by atoms with E-state index in [1.54, 1.807) is 31.3 Å². The number of rotatable bonds is 8. The van der Waals surface area contributed by atoms with Gasteiger partial charge in [-0.15, -0.1) is 11.3 Å². The molecule has 10 nitrogen and oxygen atoms in total. The molecule has 2 amide bonds. The third-order valence-corrected chi connectivity index (χ3v) is 10.4. The number of esters is 1. The number of urea groups is 1. The van der Waals surface area contributed by atoms with Crippen LogP contribution in [-0.2, 0) is 14.9 Å². The molecule has 13 heteroatoms. The number of amides is 2. The van der Waals surface area contributed by atoms with Gasteiger partial charge in [-0.05, 0) is 49.6 Å². The van der Waals surface area contributed by atoms with E-state index in [9.17, 15) is 14.9 Å². The number of ether oxygens (including phenoxy) is 1. The van der Waals surface area contributed by atoms with Gasteiger partial charge in [0.05, 0.1) is 29.7 Å². The molecule has 2 atom stereocenters. The Bertz CT molecular complexity index is 1780. The Morgan fingerprint density at radius 2 is 1.98 bits per heavy atom. The molecule has 2 aromatic carbocycles. The summed E-state index contributed by atoms with van der Waals surface area (Å²) in [6, 6.07) is 14.7. The van der Waals surface area contributed by atoms with Crippen molar-refractivity contribution in [3.8, 4) is 6.07 Å². The van der Waals surface area contributed by atoms with E-state index in [4.69, 9.17) is 32.9 Å². The fraction of sp³-hybridized carbons (Fsp3) is 0.364. The van der Waals surface area contributed by atoms with E-state index in [0.29, 0.717) is 70.4 Å². The van der Waals surface area contributed by atoms with E-state index in [0.717, 1.165) is 24.1 Å². The van der Waals surface area contributed by atoms with Gasteiger partial charge >= 0.3 is 12.0 Å². The first-order chi connectivity index (χ1) is 22.3. The summed E-state index contributed by atoms with van der Waals surface area (Å²) in [6.45, 7) is 4.72. The SMILES string of the molecule is CCOC(=O)C1=C(CN2CCN3C(=O)N(c4ccc(C5(C#N)CC5)cc4)C[C@@H]3C2)NC(c2nccs2)=N[C@H]1c1ccc(Cl)cc1Cl. The van der Waals surface area contributed by atoms with Gasteiger partial charge in [-0.3, -0.25) is 14.8 Å². The third kappa shape index (κ3) is 5.64. The smallest absolute Gasteiger partial charge is 0.338 e. The summed E-state index contributed by atoms with van der Waals surface area (Å²) in [6.07, 6.45) is 3.47. The number of benzene rings is 2. The molecule has 4 aliphatic rings. The molecule has 1 aromatic heterocycles. The van der Waals surface area contributed by atoms with Crippen LogP contribution in [0.3, 0.4) is 0 Å². The van der Waals surface area contributed by atoms with Gasteiger partial charge in [0.15, 0.2) is 10.8 Å². The summed E-state index contributed by atoms with van der Waals surface area (Å²) in [7, 11) is 0. The predicted molar refractivity (Wildman–Crippen MR) is 177 cm³/mol. The maximum Gasteiger partial charge on any atom is 0.338 e. The molecule has 0 spiro atoms. The molecule has 0 bridgehead atoms. The number of aromatic nitrogens is 1. The van der Waals surface area contributed by atoms with E-state index in [-0.39, 0.29) is 24.1 Å². The number of carbonyl (C=O) groups excluding carboxylic acids is 2. The van der Waals surface area contributed by atoms with E-state index in [1.165, 1.54) is 11.3 Å². The molecule has 3 aliphatic heterocycles. The molecule has 3 fully saturated rings. The first-order valence-electron chi connectivity index (χ1n) is 15.2. The number of halogens is 2. The van der Waals surface area contributed by atoms with Crippen molar-refractivity contribution >= 4 is 58.1 Å². The lowest BCUT2D eigenvalue weighted by molar-refractivity contribution is -0.139. The number of nitrogens with one attached hydrogen (secondary N) is 1. The maximum absolute atomic E-state index is 13.6. The quantitative estimate of drug-likeness (QED) is 0.312. The molecule has 0 radical (unpaired) electrons. The van der Waals surface area contributed by atoms with Crippen LogP contribution in [-0.4, -0.2) is 78.0 Å². The van der Waals surface area contributed by atoms with Crippen LogP contribution in [0.15, 0.2) is 70.3 Å². The summed E-state index contributed by atoms with van der Waals surface area (Å²) in [5, 5.41) is 16.4. The normalized spacial score (nSPS) is 22.2. The molecule has 46 heavy (non-hydrogen) atoms. The zero-order valence-corrected chi connectivity index (χ0v) is 27.4. The third-order valence-electron chi connectivity index (χ3n) is 9.03. The van der Waals surface area contributed by atoms with Gasteiger partial charge in [-0.1, -0.05) is 41.4 Å². The highest BCUT2D eigenvalue weighted by Gasteiger charge is 2.46. The van der Waals surface area contributed by atoms with Crippen molar-refractivity contribution in [1.29, 1.82) is 5.26 Å². The minimum atomic E-state index is -0.734. The van der Waals surface area contributed by atoms with Crippen LogP contribution in [0.1, 0.15) is 41.9 Å². The van der Waals surface area contributed by atoms with Crippen molar-refractivity contribution in [2.45, 2.75) is 37.3 Å². The van der Waals surface area contributed by atoms with Crippen LogP contribution >= 0.6 is 34.5 Å². The fourth-order valence-corrected chi connectivity index (χ4v) is 7.57. The Morgan fingerprint density at radius 3 is 2.65 bits per heavy atom. The summed E-state index contributed by atoms with van der Waals surface area (Å²) in [5.74, 6) is 0.0689. The largest absolute Gasteiger partial charge is 0.463 e. The number of piperazine rings is 1. The second-order valence-electron chi connectivity index (χ2n) is 11.8. The van der Waals surface area contributed by atoms with E-state index in [2.05, 4.69) is 21.3 Å². The number of hydrogen-bond acceptors (Lipinski definition) is 9. The Labute approximate surface area is 280 Å². The monoisotopic (exact) mass is 675 g/mol. The molecule has 1 aliphatic carbocycles. The number of hydrogen-bond donors (Lipinski definition) is 1. The topological polar surface area (TPSA) is 114 Å². The van der Waals surface area contributed by atoms with Crippen molar-refractivity contribution in [2.75, 3.05) is 44.2 Å². The molecule has 7 rings (SSSR count). The number of nitriles is 1. The highest BCUT2D eigenvalue weighted by Crippen LogP contribution is 2.48. The molecule has 2 saturated heterocycles. The first-order valence-corrected chi connectivity index (χ1v) is 16.9. The standard InChI is InChI=1S/C33H31Cl2N7O3S/c1-2-45-31(43)27-26(38-29(30-37-11-14-46-30)39-28(27)24-8-5-21(34)15-25(24)35)18-40-12-13-41-23(16-40)17-42(32(41)44)22-6-3-20(4-7-22)33(19-36)9-10-33/h3-8,11,14-15,23,28H,2,9-10,12-13,16-18H2,1H3,(H,38,39)/t23-,28-/m0/s1. The summed E-state index contributed by atoms with van der Waals surface area (Å²) >= 11 is 14.3. The molecular weight excluding hydrogens is 645 g/mol. The Morgan fingerprint density at radius 1 is 1.17 bits per heavy atom. The Balaban J connectivity index is 1.15. The maximum atomic E-state index is 13.6. The van der Waals surface area contributed by atoms with Crippen LogP contribution in [0, 0.1) is 11.3 Å². The van der Waals surface area contributed by atoms with Crippen LogP contribution in [0.4, 0.5) is 10.5 Å². The Kier molecular flexibility index (Phi) is 8.23. The number of carbonyl (C=O) groups is 2. The van der Waals surface area contributed by atoms with Gasteiger partial charge in [-0.2, -0.15) is 5.26 Å². The number of aliphatic imine (C=N–C) groups is 1.